The molecule has 23 heavy (non-hydrogen) atoms. The van der Waals surface area contributed by atoms with Crippen molar-refractivity contribution >= 4 is 17.7 Å². The molecule has 1 aromatic carbocycles. The third-order valence-corrected chi connectivity index (χ3v) is 2.80. The van der Waals surface area contributed by atoms with Crippen molar-refractivity contribution in [1.29, 1.82) is 5.26 Å². The number of nitrogens with two attached hydrogens (primary N) is 1. The quantitative estimate of drug-likeness (QED) is 0.614. The smallest absolute Gasteiger partial charge is 0.413 e. The van der Waals surface area contributed by atoms with Crippen LogP contribution in [0.2, 0.25) is 0 Å². The number of rotatable bonds is 6. The Hall–Kier alpha value is -2.85. The Kier molecular flexibility index (Phi) is 7.30. The van der Waals surface area contributed by atoms with Gasteiger partial charge in [-0.15, -0.1) is 0 Å². The first kappa shape index (κ1) is 18.2. The van der Waals surface area contributed by atoms with Crippen LogP contribution >= 0.6 is 0 Å². The van der Waals surface area contributed by atoms with E-state index < -0.39 is 12.0 Å². The number of carbonyl (C=O) groups excluding carboxylic acids is 2. The van der Waals surface area contributed by atoms with Gasteiger partial charge in [-0.25, -0.2) is 4.79 Å². The molecule has 0 fully saturated rings. The molecule has 0 atom stereocenters. The Morgan fingerprint density at radius 3 is 2.78 bits per heavy atom. The maximum Gasteiger partial charge on any atom is 0.413 e. The molecule has 0 aliphatic rings. The van der Waals surface area contributed by atoms with Gasteiger partial charge in [-0.1, -0.05) is 12.1 Å². The number of ether oxygens (including phenoxy) is 1. The van der Waals surface area contributed by atoms with Crippen LogP contribution in [-0.4, -0.2) is 36.6 Å². The number of nitrogens with one attached hydrogen (secondary N) is 1. The summed E-state index contributed by atoms with van der Waals surface area (Å²) >= 11 is 0. The summed E-state index contributed by atoms with van der Waals surface area (Å²) in [7, 11) is 0. The molecule has 0 spiro atoms. The molecule has 1 rings (SSSR count). The molecule has 0 bridgehead atoms. The lowest BCUT2D eigenvalue weighted by Gasteiger charge is -2.17. The Balaban J connectivity index is 2.92. The minimum absolute atomic E-state index is 0.141. The fourth-order valence-electron chi connectivity index (χ4n) is 1.77. The maximum atomic E-state index is 12.2. The molecular weight excluding hydrogens is 296 g/mol. The van der Waals surface area contributed by atoms with Crippen molar-refractivity contribution in [2.75, 3.05) is 25.0 Å². The zero-order chi connectivity index (χ0) is 17.2. The summed E-state index contributed by atoms with van der Waals surface area (Å²) in [5, 5.41) is 11.8. The molecule has 1 aromatic rings. The summed E-state index contributed by atoms with van der Waals surface area (Å²) in [6, 6.07) is 8.95. The minimum Gasteiger partial charge on any atom is -0.449 e. The number of nitrogens with zero attached hydrogens (tertiary/aromatic N) is 2. The number of hydrogen-bond donors (Lipinski definition) is 2. The van der Waals surface area contributed by atoms with Crippen molar-refractivity contribution < 1.29 is 14.3 Å². The van der Waals surface area contributed by atoms with E-state index in [1.807, 2.05) is 13.0 Å². The van der Waals surface area contributed by atoms with Crippen LogP contribution in [0.25, 0.3) is 0 Å². The molecule has 0 unspecified atom stereocenters. The lowest BCUT2D eigenvalue weighted by Crippen LogP contribution is -2.32. The van der Waals surface area contributed by atoms with E-state index in [1.165, 1.54) is 0 Å². The standard InChI is InChI=1S/C16H20N4O3/c1-3-23-16(22)20(8-7-17)11-13(10-18)15(21)19-14-6-4-5-12(2)9-14/h4-6,9,11H,3,7-8,17H2,1-2H3,(H,19,21)/b13-11-. The van der Waals surface area contributed by atoms with Crippen molar-refractivity contribution in [3.05, 3.63) is 41.6 Å². The van der Waals surface area contributed by atoms with Crippen LogP contribution in [0.1, 0.15) is 12.5 Å². The zero-order valence-electron chi connectivity index (χ0n) is 13.2. The van der Waals surface area contributed by atoms with Crippen LogP contribution in [0.15, 0.2) is 36.0 Å². The summed E-state index contributed by atoms with van der Waals surface area (Å²) in [6.45, 7) is 4.05. The highest BCUT2D eigenvalue weighted by atomic mass is 16.6. The second kappa shape index (κ2) is 9.23. The van der Waals surface area contributed by atoms with Crippen LogP contribution in [0.5, 0.6) is 0 Å². The van der Waals surface area contributed by atoms with Gasteiger partial charge in [0.2, 0.25) is 0 Å². The molecule has 7 nitrogen and oxygen atoms in total. The highest BCUT2D eigenvalue weighted by molar-refractivity contribution is 6.06. The number of anilines is 1. The largest absolute Gasteiger partial charge is 0.449 e. The van der Waals surface area contributed by atoms with Gasteiger partial charge in [-0.2, -0.15) is 5.26 Å². The fourth-order valence-corrected chi connectivity index (χ4v) is 1.77. The Bertz CT molecular complexity index is 634. The lowest BCUT2D eigenvalue weighted by atomic mass is 10.2. The van der Waals surface area contributed by atoms with Gasteiger partial charge < -0.3 is 15.8 Å². The Morgan fingerprint density at radius 1 is 1.48 bits per heavy atom. The van der Waals surface area contributed by atoms with Crippen molar-refractivity contribution in [3.63, 3.8) is 0 Å². The summed E-state index contributed by atoms with van der Waals surface area (Å²) in [5.41, 5.74) is 6.76. The predicted molar refractivity (Wildman–Crippen MR) is 86.3 cm³/mol. The molecule has 0 saturated carbocycles. The highest BCUT2D eigenvalue weighted by Gasteiger charge is 2.16. The summed E-state index contributed by atoms with van der Waals surface area (Å²) in [4.78, 5) is 25.0. The van der Waals surface area contributed by atoms with Crippen molar-refractivity contribution in [2.45, 2.75) is 13.8 Å². The van der Waals surface area contributed by atoms with Crippen molar-refractivity contribution in [1.82, 2.24) is 4.90 Å². The molecule has 0 heterocycles. The normalized spacial score (nSPS) is 10.6. The van der Waals surface area contributed by atoms with Gasteiger partial charge >= 0.3 is 6.09 Å². The molecule has 0 radical (unpaired) electrons. The van der Waals surface area contributed by atoms with Gasteiger partial charge in [0.25, 0.3) is 5.91 Å². The zero-order valence-corrected chi connectivity index (χ0v) is 13.2. The van der Waals surface area contributed by atoms with Crippen molar-refractivity contribution in [3.8, 4) is 6.07 Å². The Morgan fingerprint density at radius 2 is 2.22 bits per heavy atom. The molecule has 2 amide bonds. The van der Waals surface area contributed by atoms with Gasteiger partial charge in [0.15, 0.2) is 0 Å². The first-order chi connectivity index (χ1) is 11.0. The molecule has 0 saturated heterocycles. The number of aryl methyl sites for hydroxylation is 1. The molecule has 3 N–H and O–H groups in total. The van der Waals surface area contributed by atoms with Crippen LogP contribution in [0.4, 0.5) is 10.5 Å². The molecular formula is C16H20N4O3. The van der Waals surface area contributed by atoms with Gasteiger partial charge in [0.05, 0.1) is 6.61 Å². The summed E-state index contributed by atoms with van der Waals surface area (Å²) in [6.07, 6.45) is 0.491. The van der Waals surface area contributed by atoms with E-state index >= 15 is 0 Å². The maximum absolute atomic E-state index is 12.2. The number of carbonyl (C=O) groups is 2. The van der Waals surface area contributed by atoms with Crippen LogP contribution in [0.3, 0.4) is 0 Å². The summed E-state index contributed by atoms with van der Waals surface area (Å²) < 4.78 is 4.86. The number of nitriles is 1. The topological polar surface area (TPSA) is 108 Å². The minimum atomic E-state index is -0.658. The third kappa shape index (κ3) is 5.80. The molecule has 122 valence electrons. The van der Waals surface area contributed by atoms with E-state index in [0.29, 0.717) is 5.69 Å². The highest BCUT2D eigenvalue weighted by Crippen LogP contribution is 2.11. The van der Waals surface area contributed by atoms with Crippen LogP contribution in [0, 0.1) is 18.3 Å². The summed E-state index contributed by atoms with van der Waals surface area (Å²) in [5.74, 6) is -0.607. The number of amides is 2. The van der Waals surface area contributed by atoms with E-state index in [4.69, 9.17) is 15.7 Å². The molecule has 0 aromatic heterocycles. The second-order valence-electron chi connectivity index (χ2n) is 4.66. The van der Waals surface area contributed by atoms with Crippen LogP contribution < -0.4 is 11.1 Å². The second-order valence-corrected chi connectivity index (χ2v) is 4.66. The third-order valence-electron chi connectivity index (χ3n) is 2.80. The van der Waals surface area contributed by atoms with E-state index in [2.05, 4.69) is 5.32 Å². The average Bonchev–Trinajstić information content (AvgIpc) is 2.51. The first-order valence-electron chi connectivity index (χ1n) is 7.15. The van der Waals surface area contributed by atoms with Gasteiger partial charge in [0.1, 0.15) is 11.6 Å². The fraction of sp³-hybridized carbons (Fsp3) is 0.312. The SMILES string of the molecule is CCOC(=O)N(/C=C(/C#N)C(=O)Nc1cccc(C)c1)CCN. The predicted octanol–water partition coefficient (Wildman–Crippen LogP) is 1.76. The van der Waals surface area contributed by atoms with Gasteiger partial charge in [0, 0.05) is 25.0 Å². The van der Waals surface area contributed by atoms with E-state index in [-0.39, 0.29) is 25.3 Å². The molecule has 0 aliphatic carbocycles. The average molecular weight is 316 g/mol. The lowest BCUT2D eigenvalue weighted by molar-refractivity contribution is -0.112. The van der Waals surface area contributed by atoms with E-state index in [0.717, 1.165) is 16.7 Å². The molecule has 0 aliphatic heterocycles. The van der Waals surface area contributed by atoms with E-state index in [1.54, 1.807) is 31.2 Å². The van der Waals surface area contributed by atoms with Gasteiger partial charge in [-0.3, -0.25) is 9.69 Å². The van der Waals surface area contributed by atoms with Crippen LogP contribution in [-0.2, 0) is 9.53 Å². The van der Waals surface area contributed by atoms with Gasteiger partial charge in [-0.05, 0) is 31.5 Å². The Labute approximate surface area is 135 Å². The monoisotopic (exact) mass is 316 g/mol. The number of benzene rings is 1. The first-order valence-corrected chi connectivity index (χ1v) is 7.15. The van der Waals surface area contributed by atoms with Crippen molar-refractivity contribution in [2.24, 2.45) is 5.73 Å². The van der Waals surface area contributed by atoms with E-state index in [9.17, 15) is 9.59 Å². The number of hydrogen-bond acceptors (Lipinski definition) is 5. The molecule has 7 heteroatoms.